The van der Waals surface area contributed by atoms with E-state index in [0.29, 0.717) is 10.4 Å². The van der Waals surface area contributed by atoms with Gasteiger partial charge in [-0.3, -0.25) is 0 Å². The molecular weight excluding hydrogens is 273 g/mol. The van der Waals surface area contributed by atoms with Gasteiger partial charge in [-0.25, -0.2) is 4.39 Å². The summed E-state index contributed by atoms with van der Waals surface area (Å²) in [7, 11) is 0. The molecule has 2 nitrogen and oxygen atoms in total. The van der Waals surface area contributed by atoms with Gasteiger partial charge in [0.05, 0.1) is 11.7 Å². The number of halogens is 2. The van der Waals surface area contributed by atoms with E-state index in [1.807, 2.05) is 19.1 Å². The predicted octanol–water partition coefficient (Wildman–Crippen LogP) is 4.35. The van der Waals surface area contributed by atoms with Crippen molar-refractivity contribution >= 4 is 21.6 Å². The molecule has 0 saturated carbocycles. The summed E-state index contributed by atoms with van der Waals surface area (Å²) >= 11 is 3.23. The summed E-state index contributed by atoms with van der Waals surface area (Å²) in [5, 5.41) is 3.05. The van der Waals surface area contributed by atoms with Gasteiger partial charge in [-0.15, -0.1) is 0 Å². The lowest BCUT2D eigenvalue weighted by atomic mass is 10.2. The molecule has 1 aromatic heterocycles. The summed E-state index contributed by atoms with van der Waals surface area (Å²) in [5.74, 6) is 0.495. The lowest BCUT2D eigenvalue weighted by molar-refractivity contribution is 0.470. The molecule has 0 amide bonds. The van der Waals surface area contributed by atoms with Gasteiger partial charge in [0.15, 0.2) is 4.67 Å². The first-order chi connectivity index (χ1) is 7.66. The third kappa shape index (κ3) is 2.44. The van der Waals surface area contributed by atoms with Crippen LogP contribution in [0.15, 0.2) is 45.5 Å². The minimum Gasteiger partial charge on any atom is -0.452 e. The van der Waals surface area contributed by atoms with Crippen molar-refractivity contribution in [3.8, 4) is 0 Å². The smallest absolute Gasteiger partial charge is 0.169 e. The Morgan fingerprint density at radius 1 is 1.25 bits per heavy atom. The highest BCUT2D eigenvalue weighted by atomic mass is 79.9. The van der Waals surface area contributed by atoms with E-state index in [2.05, 4.69) is 21.2 Å². The molecule has 0 aliphatic carbocycles. The van der Waals surface area contributed by atoms with E-state index in [9.17, 15) is 4.39 Å². The minimum absolute atomic E-state index is 0.0804. The van der Waals surface area contributed by atoms with Gasteiger partial charge in [-0.2, -0.15) is 0 Å². The molecule has 0 aliphatic heterocycles. The highest BCUT2D eigenvalue weighted by molar-refractivity contribution is 9.10. The van der Waals surface area contributed by atoms with E-state index in [1.54, 1.807) is 18.2 Å². The molecule has 1 unspecified atom stereocenters. The molecule has 2 aromatic rings. The number of hydrogen-bond acceptors (Lipinski definition) is 2. The molecule has 0 aliphatic rings. The van der Waals surface area contributed by atoms with E-state index in [1.165, 1.54) is 6.07 Å². The van der Waals surface area contributed by atoms with Gasteiger partial charge in [0, 0.05) is 0 Å². The van der Waals surface area contributed by atoms with Crippen LogP contribution in [-0.2, 0) is 0 Å². The topological polar surface area (TPSA) is 25.2 Å². The summed E-state index contributed by atoms with van der Waals surface area (Å²) in [4.78, 5) is 0. The fourth-order valence-corrected chi connectivity index (χ4v) is 1.76. The van der Waals surface area contributed by atoms with Crippen molar-refractivity contribution in [2.75, 3.05) is 5.32 Å². The molecule has 0 bridgehead atoms. The van der Waals surface area contributed by atoms with Gasteiger partial charge in [0.1, 0.15) is 11.6 Å². The summed E-state index contributed by atoms with van der Waals surface area (Å²) < 4.78 is 19.4. The van der Waals surface area contributed by atoms with Crippen LogP contribution in [0.4, 0.5) is 10.1 Å². The molecule has 1 atom stereocenters. The maximum absolute atomic E-state index is 13.4. The standard InChI is InChI=1S/C12H11BrFNO/c1-8(11-6-7-12(13)16-11)15-10-5-3-2-4-9(10)14/h2-8,15H,1H3. The van der Waals surface area contributed by atoms with Crippen LogP contribution >= 0.6 is 15.9 Å². The molecule has 0 fully saturated rings. The third-order valence-electron chi connectivity index (χ3n) is 2.27. The first-order valence-corrected chi connectivity index (χ1v) is 5.72. The van der Waals surface area contributed by atoms with Crippen LogP contribution in [0.2, 0.25) is 0 Å². The van der Waals surface area contributed by atoms with E-state index >= 15 is 0 Å². The Labute approximate surface area is 102 Å². The van der Waals surface area contributed by atoms with Crippen molar-refractivity contribution in [3.05, 3.63) is 52.6 Å². The van der Waals surface area contributed by atoms with Gasteiger partial charge in [-0.1, -0.05) is 12.1 Å². The minimum atomic E-state index is -0.264. The Bertz CT molecular complexity index is 483. The van der Waals surface area contributed by atoms with Gasteiger partial charge >= 0.3 is 0 Å². The molecule has 16 heavy (non-hydrogen) atoms. The van der Waals surface area contributed by atoms with Crippen LogP contribution in [0.1, 0.15) is 18.7 Å². The number of rotatable bonds is 3. The monoisotopic (exact) mass is 283 g/mol. The average molecular weight is 284 g/mol. The van der Waals surface area contributed by atoms with E-state index in [-0.39, 0.29) is 11.9 Å². The Morgan fingerprint density at radius 3 is 2.62 bits per heavy atom. The number of hydrogen-bond donors (Lipinski definition) is 1. The Balaban J connectivity index is 2.13. The lowest BCUT2D eigenvalue weighted by Gasteiger charge is -2.13. The van der Waals surface area contributed by atoms with Gasteiger partial charge < -0.3 is 9.73 Å². The Morgan fingerprint density at radius 2 is 2.00 bits per heavy atom. The Hall–Kier alpha value is -1.29. The quantitative estimate of drug-likeness (QED) is 0.906. The molecular formula is C12H11BrFNO. The van der Waals surface area contributed by atoms with Crippen molar-refractivity contribution in [1.82, 2.24) is 0 Å². The molecule has 0 saturated heterocycles. The second-order valence-electron chi connectivity index (χ2n) is 3.49. The van der Waals surface area contributed by atoms with Crippen molar-refractivity contribution in [2.45, 2.75) is 13.0 Å². The van der Waals surface area contributed by atoms with Gasteiger partial charge in [0.25, 0.3) is 0 Å². The molecule has 0 radical (unpaired) electrons. The summed E-state index contributed by atoms with van der Waals surface area (Å²) in [6.45, 7) is 1.91. The molecule has 1 aromatic carbocycles. The zero-order chi connectivity index (χ0) is 11.5. The largest absolute Gasteiger partial charge is 0.452 e. The maximum Gasteiger partial charge on any atom is 0.169 e. The second kappa shape index (κ2) is 4.70. The average Bonchev–Trinajstić information content (AvgIpc) is 2.68. The summed E-state index contributed by atoms with van der Waals surface area (Å²) in [6, 6.07) is 10.2. The summed E-state index contributed by atoms with van der Waals surface area (Å²) in [5.41, 5.74) is 0.475. The molecule has 1 heterocycles. The second-order valence-corrected chi connectivity index (χ2v) is 4.27. The predicted molar refractivity (Wildman–Crippen MR) is 64.8 cm³/mol. The highest BCUT2D eigenvalue weighted by Gasteiger charge is 2.11. The Kier molecular flexibility index (Phi) is 3.29. The lowest BCUT2D eigenvalue weighted by Crippen LogP contribution is -2.06. The van der Waals surface area contributed by atoms with Gasteiger partial charge in [-0.05, 0) is 47.1 Å². The number of nitrogens with one attached hydrogen (secondary N) is 1. The van der Waals surface area contributed by atoms with Crippen LogP contribution < -0.4 is 5.32 Å². The number of benzene rings is 1. The van der Waals surface area contributed by atoms with Crippen LogP contribution in [0, 0.1) is 5.82 Å². The van der Waals surface area contributed by atoms with Crippen molar-refractivity contribution in [1.29, 1.82) is 0 Å². The SMILES string of the molecule is CC(Nc1ccccc1F)c1ccc(Br)o1. The first-order valence-electron chi connectivity index (χ1n) is 4.93. The van der Waals surface area contributed by atoms with Crippen molar-refractivity contribution in [3.63, 3.8) is 0 Å². The first kappa shape index (κ1) is 11.2. The highest BCUT2D eigenvalue weighted by Crippen LogP contribution is 2.24. The molecule has 2 rings (SSSR count). The van der Waals surface area contributed by atoms with Crippen LogP contribution in [-0.4, -0.2) is 0 Å². The summed E-state index contributed by atoms with van der Waals surface area (Å²) in [6.07, 6.45) is 0. The van der Waals surface area contributed by atoms with E-state index in [4.69, 9.17) is 4.42 Å². The normalized spacial score (nSPS) is 12.4. The third-order valence-corrected chi connectivity index (χ3v) is 2.69. The fourth-order valence-electron chi connectivity index (χ4n) is 1.44. The van der Waals surface area contributed by atoms with Gasteiger partial charge in [0.2, 0.25) is 0 Å². The molecule has 0 spiro atoms. The fraction of sp³-hybridized carbons (Fsp3) is 0.167. The molecule has 84 valence electrons. The van der Waals surface area contributed by atoms with Crippen LogP contribution in [0.3, 0.4) is 0 Å². The van der Waals surface area contributed by atoms with Crippen molar-refractivity contribution < 1.29 is 8.81 Å². The molecule has 4 heteroatoms. The van der Waals surface area contributed by atoms with E-state index < -0.39 is 0 Å². The van der Waals surface area contributed by atoms with Crippen molar-refractivity contribution in [2.24, 2.45) is 0 Å². The van der Waals surface area contributed by atoms with Crippen LogP contribution in [0.5, 0.6) is 0 Å². The number of anilines is 1. The zero-order valence-electron chi connectivity index (χ0n) is 8.71. The van der Waals surface area contributed by atoms with E-state index in [0.717, 1.165) is 5.76 Å². The van der Waals surface area contributed by atoms with Crippen LogP contribution in [0.25, 0.3) is 0 Å². The zero-order valence-corrected chi connectivity index (χ0v) is 10.3. The molecule has 1 N–H and O–H groups in total. The number of furan rings is 1. The number of para-hydroxylation sites is 1. The maximum atomic E-state index is 13.4.